The van der Waals surface area contributed by atoms with E-state index in [-0.39, 0.29) is 19.6 Å². The molecule has 0 bridgehead atoms. The summed E-state index contributed by atoms with van der Waals surface area (Å²) in [7, 11) is 0. The molecule has 1 aliphatic heterocycles. The van der Waals surface area contributed by atoms with E-state index in [9.17, 15) is 18.3 Å². The zero-order chi connectivity index (χ0) is 14.0. The Morgan fingerprint density at radius 3 is 2.58 bits per heavy atom. The van der Waals surface area contributed by atoms with Gasteiger partial charge >= 0.3 is 6.18 Å². The van der Waals surface area contributed by atoms with Crippen molar-refractivity contribution in [2.75, 3.05) is 18.0 Å². The van der Waals surface area contributed by atoms with E-state index in [0.717, 1.165) is 10.2 Å². The SMILES string of the molecule is OCc1ccc(Br)cc1N1CC=C(C(F)(F)F)CC1. The number of benzene rings is 1. The molecule has 0 aromatic heterocycles. The second-order valence-corrected chi connectivity index (χ2v) is 5.27. The summed E-state index contributed by atoms with van der Waals surface area (Å²) in [6, 6.07) is 5.39. The van der Waals surface area contributed by atoms with E-state index in [4.69, 9.17) is 0 Å². The average molecular weight is 336 g/mol. The molecule has 0 saturated heterocycles. The lowest BCUT2D eigenvalue weighted by Crippen LogP contribution is -2.32. The number of alkyl halides is 3. The van der Waals surface area contributed by atoms with Crippen molar-refractivity contribution in [3.8, 4) is 0 Å². The van der Waals surface area contributed by atoms with Crippen LogP contribution in [0.15, 0.2) is 34.3 Å². The largest absolute Gasteiger partial charge is 0.412 e. The Bertz CT molecular complexity index is 499. The molecule has 0 radical (unpaired) electrons. The van der Waals surface area contributed by atoms with Crippen LogP contribution in [0.4, 0.5) is 18.9 Å². The lowest BCUT2D eigenvalue weighted by Gasteiger charge is -2.30. The van der Waals surface area contributed by atoms with Crippen LogP contribution in [-0.4, -0.2) is 24.4 Å². The molecule has 1 aromatic rings. The minimum Gasteiger partial charge on any atom is -0.392 e. The van der Waals surface area contributed by atoms with Crippen molar-refractivity contribution in [2.24, 2.45) is 0 Å². The van der Waals surface area contributed by atoms with Gasteiger partial charge in [-0.15, -0.1) is 0 Å². The van der Waals surface area contributed by atoms with Crippen LogP contribution in [0.3, 0.4) is 0 Å². The highest BCUT2D eigenvalue weighted by Gasteiger charge is 2.34. The van der Waals surface area contributed by atoms with Gasteiger partial charge in [0.1, 0.15) is 0 Å². The van der Waals surface area contributed by atoms with Gasteiger partial charge < -0.3 is 10.0 Å². The molecular weight excluding hydrogens is 323 g/mol. The van der Waals surface area contributed by atoms with Crippen LogP contribution < -0.4 is 4.90 Å². The van der Waals surface area contributed by atoms with Crippen LogP contribution in [0.5, 0.6) is 0 Å². The predicted octanol–water partition coefficient (Wildman–Crippen LogP) is 3.64. The second-order valence-electron chi connectivity index (χ2n) is 4.35. The lowest BCUT2D eigenvalue weighted by molar-refractivity contribution is -0.0944. The standard InChI is InChI=1S/C13H13BrF3NO/c14-11-2-1-9(8-19)12(7-11)18-5-3-10(4-6-18)13(15,16)17/h1-3,7,19H,4-6,8H2. The van der Waals surface area contributed by atoms with E-state index in [2.05, 4.69) is 15.9 Å². The number of rotatable bonds is 2. The van der Waals surface area contributed by atoms with Crippen molar-refractivity contribution in [1.82, 2.24) is 0 Å². The quantitative estimate of drug-likeness (QED) is 0.834. The Morgan fingerprint density at radius 2 is 2.05 bits per heavy atom. The molecule has 0 saturated carbocycles. The van der Waals surface area contributed by atoms with Crippen LogP contribution in [0.1, 0.15) is 12.0 Å². The molecule has 1 aromatic carbocycles. The number of nitrogens with zero attached hydrogens (tertiary/aromatic N) is 1. The molecule has 0 aliphatic carbocycles. The second kappa shape index (κ2) is 5.54. The molecule has 2 nitrogen and oxygen atoms in total. The van der Waals surface area contributed by atoms with Crippen LogP contribution >= 0.6 is 15.9 Å². The topological polar surface area (TPSA) is 23.5 Å². The van der Waals surface area contributed by atoms with Crippen molar-refractivity contribution in [2.45, 2.75) is 19.2 Å². The van der Waals surface area contributed by atoms with Gasteiger partial charge in [-0.25, -0.2) is 0 Å². The van der Waals surface area contributed by atoms with Gasteiger partial charge in [-0.2, -0.15) is 13.2 Å². The first-order valence-corrected chi connectivity index (χ1v) is 6.61. The van der Waals surface area contributed by atoms with E-state index < -0.39 is 11.7 Å². The monoisotopic (exact) mass is 335 g/mol. The average Bonchev–Trinajstić information content (AvgIpc) is 2.38. The van der Waals surface area contributed by atoms with Gasteiger partial charge in [0.25, 0.3) is 0 Å². The summed E-state index contributed by atoms with van der Waals surface area (Å²) < 4.78 is 38.5. The molecule has 1 heterocycles. The van der Waals surface area contributed by atoms with E-state index in [1.54, 1.807) is 12.1 Å². The van der Waals surface area contributed by atoms with Crippen molar-refractivity contribution >= 4 is 21.6 Å². The van der Waals surface area contributed by atoms with Crippen LogP contribution in [-0.2, 0) is 6.61 Å². The summed E-state index contributed by atoms with van der Waals surface area (Å²) in [5, 5.41) is 9.28. The fourth-order valence-electron chi connectivity index (χ4n) is 2.11. The highest BCUT2D eigenvalue weighted by molar-refractivity contribution is 9.10. The molecule has 0 fully saturated rings. The molecule has 0 atom stereocenters. The summed E-state index contributed by atoms with van der Waals surface area (Å²) in [4.78, 5) is 1.84. The molecule has 104 valence electrons. The fourth-order valence-corrected chi connectivity index (χ4v) is 2.46. The zero-order valence-corrected chi connectivity index (χ0v) is 11.6. The summed E-state index contributed by atoms with van der Waals surface area (Å²) >= 11 is 3.33. The third-order valence-corrected chi connectivity index (χ3v) is 3.62. The van der Waals surface area contributed by atoms with E-state index >= 15 is 0 Å². The van der Waals surface area contributed by atoms with Gasteiger partial charge in [0.15, 0.2) is 0 Å². The van der Waals surface area contributed by atoms with Gasteiger partial charge in [-0.05, 0) is 18.6 Å². The van der Waals surface area contributed by atoms with Gasteiger partial charge in [0, 0.05) is 34.4 Å². The van der Waals surface area contributed by atoms with E-state index in [1.807, 2.05) is 11.0 Å². The summed E-state index contributed by atoms with van der Waals surface area (Å²) in [6.07, 6.45) is -3.05. The van der Waals surface area contributed by atoms with Crippen molar-refractivity contribution in [1.29, 1.82) is 0 Å². The summed E-state index contributed by atoms with van der Waals surface area (Å²) in [5.74, 6) is 0. The number of aliphatic hydroxyl groups excluding tert-OH is 1. The van der Waals surface area contributed by atoms with Crippen LogP contribution in [0.2, 0.25) is 0 Å². The Kier molecular flexibility index (Phi) is 4.20. The molecule has 0 unspecified atom stereocenters. The lowest BCUT2D eigenvalue weighted by atomic mass is 10.1. The van der Waals surface area contributed by atoms with Gasteiger partial charge in [0.05, 0.1) is 6.61 Å². The Hall–Kier alpha value is -1.01. The van der Waals surface area contributed by atoms with Crippen molar-refractivity contribution < 1.29 is 18.3 Å². The molecule has 1 N–H and O–H groups in total. The molecular formula is C13H13BrF3NO. The first-order valence-electron chi connectivity index (χ1n) is 5.82. The van der Waals surface area contributed by atoms with Gasteiger partial charge in [0.2, 0.25) is 0 Å². The summed E-state index contributed by atoms with van der Waals surface area (Å²) in [5.41, 5.74) is 1.02. The Balaban J connectivity index is 2.22. The predicted molar refractivity (Wildman–Crippen MR) is 71.0 cm³/mol. The third-order valence-electron chi connectivity index (χ3n) is 3.13. The number of anilines is 1. The van der Waals surface area contributed by atoms with Crippen molar-refractivity contribution in [3.05, 3.63) is 39.9 Å². The maximum absolute atomic E-state index is 12.5. The van der Waals surface area contributed by atoms with Gasteiger partial charge in [-0.3, -0.25) is 0 Å². The number of aliphatic hydroxyl groups is 1. The maximum atomic E-state index is 12.5. The first-order chi connectivity index (χ1) is 8.91. The van der Waals surface area contributed by atoms with Crippen LogP contribution in [0, 0.1) is 0 Å². The molecule has 2 rings (SSSR count). The minimum absolute atomic E-state index is 0.0269. The van der Waals surface area contributed by atoms with Crippen LogP contribution in [0.25, 0.3) is 0 Å². The maximum Gasteiger partial charge on any atom is 0.412 e. The third kappa shape index (κ3) is 3.30. The van der Waals surface area contributed by atoms with E-state index in [1.165, 1.54) is 6.08 Å². The first kappa shape index (κ1) is 14.4. The van der Waals surface area contributed by atoms with Crippen molar-refractivity contribution in [3.63, 3.8) is 0 Å². The number of halogens is 4. The minimum atomic E-state index is -4.23. The normalized spacial score (nSPS) is 16.5. The molecule has 0 amide bonds. The van der Waals surface area contributed by atoms with E-state index in [0.29, 0.717) is 12.1 Å². The molecule has 0 spiro atoms. The molecule has 6 heteroatoms. The number of hydrogen-bond acceptors (Lipinski definition) is 2. The number of hydrogen-bond donors (Lipinski definition) is 1. The molecule has 19 heavy (non-hydrogen) atoms. The molecule has 1 aliphatic rings. The van der Waals surface area contributed by atoms with Gasteiger partial charge in [-0.1, -0.05) is 28.1 Å². The smallest absolute Gasteiger partial charge is 0.392 e. The highest BCUT2D eigenvalue weighted by atomic mass is 79.9. The zero-order valence-electron chi connectivity index (χ0n) is 10.0. The Morgan fingerprint density at radius 1 is 1.32 bits per heavy atom. The highest BCUT2D eigenvalue weighted by Crippen LogP contribution is 2.33. The summed E-state index contributed by atoms with van der Waals surface area (Å²) in [6.45, 7) is 0.377. The fraction of sp³-hybridized carbons (Fsp3) is 0.385. The Labute approximate surface area is 117 Å².